The molecule has 2 heterocycles. The number of hydrogen-bond acceptors (Lipinski definition) is 3. The van der Waals surface area contributed by atoms with Gasteiger partial charge in [0.05, 0.1) is 12.2 Å². The molecule has 0 aromatic carbocycles. The Morgan fingerprint density at radius 1 is 1.53 bits per heavy atom. The lowest BCUT2D eigenvalue weighted by atomic mass is 9.90. The Labute approximate surface area is 110 Å². The van der Waals surface area contributed by atoms with E-state index in [-0.39, 0.29) is 0 Å². The van der Waals surface area contributed by atoms with Crippen LogP contribution >= 0.6 is 0 Å². The lowest BCUT2D eigenvalue weighted by Gasteiger charge is -2.14. The molecule has 0 radical (unpaired) electrons. The number of amides is 1. The number of allylic oxidation sites excluding steroid dienone is 1. The quantitative estimate of drug-likeness (QED) is 0.840. The molecule has 5 nitrogen and oxygen atoms in total. The van der Waals surface area contributed by atoms with Gasteiger partial charge in [-0.25, -0.2) is 0 Å². The summed E-state index contributed by atoms with van der Waals surface area (Å²) >= 11 is 0. The van der Waals surface area contributed by atoms with Gasteiger partial charge < -0.3 is 5.73 Å². The zero-order valence-electron chi connectivity index (χ0n) is 10.5. The number of fused-ring (bicyclic) bond motifs is 3. The second-order valence-electron chi connectivity index (χ2n) is 4.54. The van der Waals surface area contributed by atoms with Crippen molar-refractivity contribution in [1.29, 1.82) is 0 Å². The molecule has 3 rings (SSSR count). The normalized spacial score (nSPS) is 12.6. The first-order chi connectivity index (χ1) is 9.22. The maximum absolute atomic E-state index is 11.7. The van der Waals surface area contributed by atoms with Gasteiger partial charge in [0.15, 0.2) is 0 Å². The van der Waals surface area contributed by atoms with Crippen LogP contribution in [0, 0.1) is 0 Å². The first-order valence-corrected chi connectivity index (χ1v) is 6.16. The number of carbonyl (C=O) groups is 1. The molecule has 2 aromatic rings. The summed E-state index contributed by atoms with van der Waals surface area (Å²) in [7, 11) is 0. The zero-order valence-corrected chi connectivity index (χ0v) is 10.5. The van der Waals surface area contributed by atoms with Crippen LogP contribution in [-0.4, -0.2) is 20.7 Å². The molecule has 0 bridgehead atoms. The average Bonchev–Trinajstić information content (AvgIpc) is 2.77. The number of pyridine rings is 1. The molecule has 0 saturated carbocycles. The third kappa shape index (κ3) is 1.74. The van der Waals surface area contributed by atoms with Crippen LogP contribution in [0.3, 0.4) is 0 Å². The monoisotopic (exact) mass is 254 g/mol. The fourth-order valence-corrected chi connectivity index (χ4v) is 2.60. The molecular formula is C14H14N4O. The molecule has 1 aliphatic rings. The Morgan fingerprint density at radius 3 is 3.11 bits per heavy atom. The topological polar surface area (TPSA) is 73.8 Å². The fraction of sp³-hybridized carbons (Fsp3) is 0.214. The van der Waals surface area contributed by atoms with Crippen LogP contribution < -0.4 is 5.73 Å². The van der Waals surface area contributed by atoms with Crippen LogP contribution in [0.1, 0.15) is 21.6 Å². The predicted octanol–water partition coefficient (Wildman–Crippen LogP) is 1.33. The van der Waals surface area contributed by atoms with Crippen molar-refractivity contribution in [3.63, 3.8) is 0 Å². The molecule has 0 spiro atoms. The van der Waals surface area contributed by atoms with E-state index >= 15 is 0 Å². The van der Waals surface area contributed by atoms with Gasteiger partial charge in [-0.2, -0.15) is 5.10 Å². The van der Waals surface area contributed by atoms with E-state index in [1.807, 2.05) is 12.3 Å². The van der Waals surface area contributed by atoms with Crippen LogP contribution in [0.25, 0.3) is 11.3 Å². The summed E-state index contributed by atoms with van der Waals surface area (Å²) in [5.41, 5.74) is 9.97. The van der Waals surface area contributed by atoms with Crippen LogP contribution in [0.5, 0.6) is 0 Å². The van der Waals surface area contributed by atoms with E-state index in [4.69, 9.17) is 5.73 Å². The number of nitrogens with two attached hydrogens (primary N) is 1. The predicted molar refractivity (Wildman–Crippen MR) is 71.6 cm³/mol. The van der Waals surface area contributed by atoms with Crippen molar-refractivity contribution in [1.82, 2.24) is 14.8 Å². The van der Waals surface area contributed by atoms with Crippen molar-refractivity contribution >= 4 is 5.91 Å². The van der Waals surface area contributed by atoms with E-state index in [1.54, 1.807) is 17.0 Å². The average molecular weight is 254 g/mol. The molecule has 19 heavy (non-hydrogen) atoms. The molecule has 2 N–H and O–H groups in total. The van der Waals surface area contributed by atoms with Gasteiger partial charge in [0.25, 0.3) is 5.91 Å². The van der Waals surface area contributed by atoms with Crippen molar-refractivity contribution < 1.29 is 4.79 Å². The Morgan fingerprint density at radius 2 is 2.37 bits per heavy atom. The fourth-order valence-electron chi connectivity index (χ4n) is 2.60. The highest BCUT2D eigenvalue weighted by Crippen LogP contribution is 2.33. The van der Waals surface area contributed by atoms with Crippen LogP contribution in [0.2, 0.25) is 0 Å². The summed E-state index contributed by atoms with van der Waals surface area (Å²) in [5.74, 6) is -0.437. The minimum atomic E-state index is -0.437. The van der Waals surface area contributed by atoms with Gasteiger partial charge in [0, 0.05) is 23.5 Å². The molecule has 2 aromatic heterocycles. The Balaban J connectivity index is 2.24. The summed E-state index contributed by atoms with van der Waals surface area (Å²) in [6.45, 7) is 4.16. The molecule has 0 aliphatic heterocycles. The highest BCUT2D eigenvalue weighted by Gasteiger charge is 2.26. The largest absolute Gasteiger partial charge is 0.364 e. The van der Waals surface area contributed by atoms with E-state index in [0.29, 0.717) is 12.2 Å². The first-order valence-electron chi connectivity index (χ1n) is 6.16. The van der Waals surface area contributed by atoms with E-state index in [9.17, 15) is 4.79 Å². The van der Waals surface area contributed by atoms with Gasteiger partial charge in [-0.3, -0.25) is 14.5 Å². The van der Waals surface area contributed by atoms with E-state index in [0.717, 1.165) is 35.2 Å². The summed E-state index contributed by atoms with van der Waals surface area (Å²) in [6, 6.07) is 1.93. The van der Waals surface area contributed by atoms with E-state index < -0.39 is 5.91 Å². The summed E-state index contributed by atoms with van der Waals surface area (Å²) < 4.78 is 1.63. The van der Waals surface area contributed by atoms with Gasteiger partial charge >= 0.3 is 0 Å². The number of carbonyl (C=O) groups excluding carboxylic acids is 1. The van der Waals surface area contributed by atoms with Gasteiger partial charge in [-0.1, -0.05) is 6.08 Å². The Hall–Kier alpha value is -2.43. The Bertz CT molecular complexity index is 672. The van der Waals surface area contributed by atoms with E-state index in [2.05, 4.69) is 16.7 Å². The molecule has 0 unspecified atom stereocenters. The summed E-state index contributed by atoms with van der Waals surface area (Å²) in [6.07, 6.45) is 6.93. The third-order valence-electron chi connectivity index (χ3n) is 3.39. The van der Waals surface area contributed by atoms with Gasteiger partial charge in [-0.15, -0.1) is 6.58 Å². The van der Waals surface area contributed by atoms with E-state index in [1.165, 1.54) is 0 Å². The van der Waals surface area contributed by atoms with Gasteiger partial charge in [0.2, 0.25) is 0 Å². The maximum Gasteiger partial charge on any atom is 0.267 e. The smallest absolute Gasteiger partial charge is 0.267 e. The minimum Gasteiger partial charge on any atom is -0.364 e. The number of nitrogens with zero attached hydrogens (tertiary/aromatic N) is 3. The van der Waals surface area contributed by atoms with Crippen LogP contribution in [0.15, 0.2) is 31.1 Å². The minimum absolute atomic E-state index is 0.437. The highest BCUT2D eigenvalue weighted by atomic mass is 16.1. The van der Waals surface area contributed by atoms with Crippen molar-refractivity contribution in [3.05, 3.63) is 47.9 Å². The summed E-state index contributed by atoms with van der Waals surface area (Å²) in [5, 5.41) is 4.52. The first kappa shape index (κ1) is 11.6. The molecule has 1 amide bonds. The molecule has 0 fully saturated rings. The lowest BCUT2D eigenvalue weighted by Crippen LogP contribution is -2.19. The van der Waals surface area contributed by atoms with Crippen molar-refractivity contribution in [2.45, 2.75) is 19.4 Å². The summed E-state index contributed by atoms with van der Waals surface area (Å²) in [4.78, 5) is 15.8. The lowest BCUT2D eigenvalue weighted by molar-refractivity contribution is 0.0989. The highest BCUT2D eigenvalue weighted by molar-refractivity contribution is 5.95. The molecule has 5 heteroatoms. The Kier molecular flexibility index (Phi) is 2.67. The van der Waals surface area contributed by atoms with Gasteiger partial charge in [0.1, 0.15) is 5.69 Å². The number of aryl methyl sites for hydroxylation is 1. The van der Waals surface area contributed by atoms with Gasteiger partial charge in [-0.05, 0) is 24.5 Å². The third-order valence-corrected chi connectivity index (χ3v) is 3.39. The number of hydrogen-bond donors (Lipinski definition) is 1. The van der Waals surface area contributed by atoms with Crippen molar-refractivity contribution in [2.75, 3.05) is 0 Å². The molecule has 96 valence electrons. The second kappa shape index (κ2) is 4.35. The second-order valence-corrected chi connectivity index (χ2v) is 4.54. The van der Waals surface area contributed by atoms with Crippen LogP contribution in [-0.2, 0) is 19.4 Å². The maximum atomic E-state index is 11.7. The standard InChI is InChI=1S/C14H14N4O/c1-2-7-18-13(14(15)19)11-4-3-9-8-16-6-5-10(9)12(11)17-18/h2,5-6,8H,1,3-4,7H2,(H2,15,19). The molecule has 0 saturated heterocycles. The van der Waals surface area contributed by atoms with Crippen LogP contribution in [0.4, 0.5) is 0 Å². The number of rotatable bonds is 3. The SMILES string of the molecule is C=CCn1nc2c(c1C(N)=O)CCc1cnccc1-2. The number of primary amides is 1. The zero-order chi connectivity index (χ0) is 13.4. The van der Waals surface area contributed by atoms with Crippen molar-refractivity contribution in [3.8, 4) is 11.3 Å². The molecule has 1 aliphatic carbocycles. The number of aromatic nitrogens is 3. The molecular weight excluding hydrogens is 240 g/mol. The van der Waals surface area contributed by atoms with Crippen molar-refractivity contribution in [2.24, 2.45) is 5.73 Å². The molecule has 0 atom stereocenters.